The molecule has 9 heteroatoms. The van der Waals surface area contributed by atoms with E-state index in [0.717, 1.165) is 17.7 Å². The summed E-state index contributed by atoms with van der Waals surface area (Å²) < 4.78 is 6.89. The molecule has 2 aromatic carbocycles. The van der Waals surface area contributed by atoms with Gasteiger partial charge in [0.05, 0.1) is 13.5 Å². The molecule has 2 atom stereocenters. The summed E-state index contributed by atoms with van der Waals surface area (Å²) in [6.45, 7) is 3.02. The van der Waals surface area contributed by atoms with E-state index in [4.69, 9.17) is 4.74 Å². The highest BCUT2D eigenvalue weighted by Crippen LogP contribution is 2.35. The van der Waals surface area contributed by atoms with Crippen LogP contribution in [0, 0.1) is 5.92 Å². The first-order chi connectivity index (χ1) is 18.3. The average molecular weight is 515 g/mol. The van der Waals surface area contributed by atoms with Crippen LogP contribution in [0.15, 0.2) is 65.5 Å². The normalized spacial score (nSPS) is 17.8. The van der Waals surface area contributed by atoms with Gasteiger partial charge in [-0.1, -0.05) is 12.1 Å². The maximum atomic E-state index is 13.3. The number of hydrogen-bond donors (Lipinski definition) is 2. The van der Waals surface area contributed by atoms with Crippen LogP contribution >= 0.6 is 0 Å². The molecule has 1 fully saturated rings. The van der Waals surface area contributed by atoms with Crippen molar-refractivity contribution in [2.45, 2.75) is 32.2 Å². The zero-order chi connectivity index (χ0) is 26.8. The van der Waals surface area contributed by atoms with Gasteiger partial charge < -0.3 is 24.8 Å². The number of methoxy groups -OCH3 is 1. The minimum absolute atomic E-state index is 0.0272. The third-order valence-corrected chi connectivity index (χ3v) is 7.23. The molecule has 2 aliphatic heterocycles. The van der Waals surface area contributed by atoms with E-state index in [1.54, 1.807) is 59.0 Å². The lowest BCUT2D eigenvalue weighted by molar-refractivity contribution is -0.115. The van der Waals surface area contributed by atoms with Crippen LogP contribution in [-0.2, 0) is 17.8 Å². The number of nitrogens with one attached hydrogen (secondary N) is 2. The minimum Gasteiger partial charge on any atom is -0.497 e. The first-order valence-electron chi connectivity index (χ1n) is 12.6. The number of rotatable bonds is 6. The Bertz CT molecular complexity index is 1430. The van der Waals surface area contributed by atoms with Gasteiger partial charge in [0.25, 0.3) is 5.56 Å². The number of carbonyl (C=O) groups excluding carboxylic acids is 3. The van der Waals surface area contributed by atoms with Crippen LogP contribution in [0.3, 0.4) is 0 Å². The summed E-state index contributed by atoms with van der Waals surface area (Å²) in [7, 11) is 1.59. The van der Waals surface area contributed by atoms with Crippen LogP contribution in [-0.4, -0.2) is 47.4 Å². The Morgan fingerprint density at radius 3 is 2.34 bits per heavy atom. The van der Waals surface area contributed by atoms with Gasteiger partial charge in [0, 0.05) is 42.5 Å². The Labute approximate surface area is 220 Å². The zero-order valence-electron chi connectivity index (χ0n) is 21.4. The molecule has 0 aliphatic carbocycles. The van der Waals surface area contributed by atoms with Crippen molar-refractivity contribution in [3.05, 3.63) is 87.8 Å². The van der Waals surface area contributed by atoms with Crippen molar-refractivity contribution in [3.63, 3.8) is 0 Å². The van der Waals surface area contributed by atoms with Crippen molar-refractivity contribution in [2.75, 3.05) is 30.8 Å². The van der Waals surface area contributed by atoms with E-state index < -0.39 is 0 Å². The van der Waals surface area contributed by atoms with Crippen molar-refractivity contribution in [2.24, 2.45) is 5.92 Å². The molecule has 3 heterocycles. The first-order valence-corrected chi connectivity index (χ1v) is 12.6. The lowest BCUT2D eigenvalue weighted by Gasteiger charge is -2.42. The highest BCUT2D eigenvalue weighted by molar-refractivity contribution is 5.95. The van der Waals surface area contributed by atoms with Crippen LogP contribution in [0.2, 0.25) is 0 Å². The summed E-state index contributed by atoms with van der Waals surface area (Å²) in [6, 6.07) is 17.4. The lowest BCUT2D eigenvalue weighted by atomic mass is 9.83. The lowest BCUT2D eigenvalue weighted by Crippen LogP contribution is -2.50. The number of nitrogens with zero attached hydrogens (tertiary/aromatic N) is 2. The van der Waals surface area contributed by atoms with Crippen LogP contribution in [0.4, 0.5) is 16.2 Å². The number of ether oxygens (including phenoxy) is 1. The second-order valence-corrected chi connectivity index (χ2v) is 9.93. The number of Topliss-reactive ketones (excluding diaryl/α,β-unsaturated/α-hetero) is 1. The number of benzene rings is 2. The molecule has 1 saturated heterocycles. The first kappa shape index (κ1) is 25.3. The Hall–Kier alpha value is -4.40. The second kappa shape index (κ2) is 10.5. The number of ketones is 1. The van der Waals surface area contributed by atoms with Crippen molar-refractivity contribution in [1.29, 1.82) is 0 Å². The number of anilines is 2. The molecule has 196 valence electrons. The zero-order valence-corrected chi connectivity index (χ0v) is 21.4. The number of amides is 3. The molecular formula is C29H30N4O5. The monoisotopic (exact) mass is 514 g/mol. The van der Waals surface area contributed by atoms with Gasteiger partial charge >= 0.3 is 6.03 Å². The van der Waals surface area contributed by atoms with E-state index >= 15 is 0 Å². The van der Waals surface area contributed by atoms with E-state index in [1.165, 1.54) is 6.92 Å². The minimum atomic E-state index is -0.261. The molecule has 0 saturated carbocycles. The average Bonchev–Trinajstić information content (AvgIpc) is 2.91. The molecule has 2 bridgehead atoms. The molecule has 0 radical (unpaired) electrons. The highest BCUT2D eigenvalue weighted by atomic mass is 16.5. The van der Waals surface area contributed by atoms with Gasteiger partial charge in [0.1, 0.15) is 11.4 Å². The summed E-state index contributed by atoms with van der Waals surface area (Å²) in [4.78, 5) is 52.1. The van der Waals surface area contributed by atoms with Gasteiger partial charge in [-0.3, -0.25) is 14.4 Å². The molecule has 3 aromatic rings. The Morgan fingerprint density at radius 2 is 1.66 bits per heavy atom. The van der Waals surface area contributed by atoms with Gasteiger partial charge in [-0.05, 0) is 73.4 Å². The number of fused-ring (bicyclic) bond motifs is 4. The number of urea groups is 1. The van der Waals surface area contributed by atoms with Crippen LogP contribution < -0.4 is 20.9 Å². The van der Waals surface area contributed by atoms with E-state index in [9.17, 15) is 19.2 Å². The number of carbonyl (C=O) groups is 3. The summed E-state index contributed by atoms with van der Waals surface area (Å²) in [5.74, 6) is 0.593. The number of hydrogen-bond acceptors (Lipinski definition) is 5. The van der Waals surface area contributed by atoms with Gasteiger partial charge in [0.2, 0.25) is 5.91 Å². The number of aromatic nitrogens is 1. The van der Waals surface area contributed by atoms with Gasteiger partial charge in [-0.2, -0.15) is 0 Å². The summed E-state index contributed by atoms with van der Waals surface area (Å²) in [5.41, 5.74) is 2.96. The van der Waals surface area contributed by atoms with Crippen molar-refractivity contribution >= 4 is 29.1 Å². The van der Waals surface area contributed by atoms with Crippen molar-refractivity contribution in [3.8, 4) is 5.75 Å². The van der Waals surface area contributed by atoms with Crippen LogP contribution in [0.5, 0.6) is 5.75 Å². The molecule has 2 aliphatic rings. The quantitative estimate of drug-likeness (QED) is 0.485. The Balaban J connectivity index is 1.25. The number of likely N-dealkylation sites (tertiary alicyclic amines) is 1. The predicted molar refractivity (Wildman–Crippen MR) is 144 cm³/mol. The van der Waals surface area contributed by atoms with E-state index in [2.05, 4.69) is 10.6 Å². The maximum absolute atomic E-state index is 13.3. The van der Waals surface area contributed by atoms with Crippen LogP contribution in [0.25, 0.3) is 0 Å². The molecule has 1 aromatic heterocycles. The molecule has 9 nitrogen and oxygen atoms in total. The summed E-state index contributed by atoms with van der Waals surface area (Å²) in [6.07, 6.45) is 1.05. The fraction of sp³-hybridized carbons (Fsp3) is 0.310. The molecule has 3 amide bonds. The van der Waals surface area contributed by atoms with Gasteiger partial charge in [-0.25, -0.2) is 4.79 Å². The van der Waals surface area contributed by atoms with E-state index in [-0.39, 0.29) is 47.2 Å². The SMILES string of the molecule is COc1ccc(CC(=O)Nc2ccc3n(c2=O)CC2CC3CN(C(=O)Nc3ccc(C(C)=O)cc3)C2)cc1. The third kappa shape index (κ3) is 5.32. The predicted octanol–water partition coefficient (Wildman–Crippen LogP) is 3.89. The van der Waals surface area contributed by atoms with E-state index in [1.807, 2.05) is 18.2 Å². The van der Waals surface area contributed by atoms with Crippen LogP contribution in [0.1, 0.15) is 40.9 Å². The largest absolute Gasteiger partial charge is 0.497 e. The molecule has 5 rings (SSSR count). The highest BCUT2D eigenvalue weighted by Gasteiger charge is 2.36. The maximum Gasteiger partial charge on any atom is 0.321 e. The summed E-state index contributed by atoms with van der Waals surface area (Å²) in [5, 5.41) is 5.68. The Morgan fingerprint density at radius 1 is 0.921 bits per heavy atom. The standard InChI is InChI=1S/C29H30N4O5/c1-18(34)21-5-7-23(8-6-21)30-29(37)32-15-20-13-22(17-32)26-12-11-25(28(36)33(26)16-20)31-27(35)14-19-3-9-24(38-2)10-4-19/h3-12,20,22H,13-17H2,1-2H3,(H,30,37)(H,31,35). The topological polar surface area (TPSA) is 110 Å². The molecule has 38 heavy (non-hydrogen) atoms. The number of piperidine rings is 1. The van der Waals surface area contributed by atoms with Gasteiger partial charge in [-0.15, -0.1) is 0 Å². The number of pyridine rings is 1. The Kier molecular flexibility index (Phi) is 7.00. The van der Waals surface area contributed by atoms with Crippen molar-refractivity contribution < 1.29 is 19.1 Å². The van der Waals surface area contributed by atoms with E-state index in [0.29, 0.717) is 36.6 Å². The molecule has 2 unspecified atom stereocenters. The second-order valence-electron chi connectivity index (χ2n) is 9.93. The fourth-order valence-electron chi connectivity index (χ4n) is 5.32. The third-order valence-electron chi connectivity index (χ3n) is 7.23. The smallest absolute Gasteiger partial charge is 0.321 e. The molecular weight excluding hydrogens is 484 g/mol. The molecule has 2 N–H and O–H groups in total. The molecule has 0 spiro atoms. The summed E-state index contributed by atoms with van der Waals surface area (Å²) >= 11 is 0. The fourth-order valence-corrected chi connectivity index (χ4v) is 5.32. The van der Waals surface area contributed by atoms with Crippen molar-refractivity contribution in [1.82, 2.24) is 9.47 Å². The van der Waals surface area contributed by atoms with Gasteiger partial charge in [0.15, 0.2) is 5.78 Å².